The van der Waals surface area contributed by atoms with Crippen LogP contribution in [0.25, 0.3) is 0 Å². The van der Waals surface area contributed by atoms with Crippen LogP contribution in [0.3, 0.4) is 0 Å². The van der Waals surface area contributed by atoms with E-state index in [-0.39, 0.29) is 17.6 Å². The van der Waals surface area contributed by atoms with Gasteiger partial charge in [0.15, 0.2) is 0 Å². The lowest BCUT2D eigenvalue weighted by Gasteiger charge is -2.22. The monoisotopic (exact) mass is 211 g/mol. The Hall–Kier alpha value is -1.43. The quantitative estimate of drug-likeness (QED) is 0.555. The van der Waals surface area contributed by atoms with Crippen molar-refractivity contribution in [2.45, 2.75) is 31.9 Å². The van der Waals surface area contributed by atoms with E-state index in [4.69, 9.17) is 4.74 Å². The minimum atomic E-state index is -0.663. The first-order valence-corrected chi connectivity index (χ1v) is 4.85. The largest absolute Gasteiger partial charge is 0.376 e. The van der Waals surface area contributed by atoms with Gasteiger partial charge in [0, 0.05) is 6.61 Å². The van der Waals surface area contributed by atoms with Crippen LogP contribution in [0.4, 0.5) is 0 Å². The van der Waals surface area contributed by atoms with Gasteiger partial charge in [-0.1, -0.05) is 0 Å². The number of aliphatic imine (C=N–C) groups is 1. The lowest BCUT2D eigenvalue weighted by atomic mass is 9.96. The predicted molar refractivity (Wildman–Crippen MR) is 52.2 cm³/mol. The second-order valence-electron chi connectivity index (χ2n) is 3.99. The fraction of sp³-hybridized carbons (Fsp3) is 0.667. The Kier molecular flexibility index (Phi) is 2.22. The van der Waals surface area contributed by atoms with Gasteiger partial charge in [0.25, 0.3) is 0 Å². The smallest absolute Gasteiger partial charge is 0.316 e. The van der Waals surface area contributed by atoms with Crippen molar-refractivity contribution in [2.75, 3.05) is 6.61 Å². The molecule has 6 nitrogen and oxygen atoms in total. The highest BCUT2D eigenvalue weighted by Gasteiger charge is 2.38. The van der Waals surface area contributed by atoms with Gasteiger partial charge in [-0.25, -0.2) is 4.99 Å². The van der Waals surface area contributed by atoms with Crippen LogP contribution >= 0.6 is 0 Å². The van der Waals surface area contributed by atoms with E-state index in [1.165, 1.54) is 0 Å². The van der Waals surface area contributed by atoms with Crippen molar-refractivity contribution >= 4 is 17.8 Å². The predicted octanol–water partition coefficient (Wildman–Crippen LogP) is -0.844. The lowest BCUT2D eigenvalue weighted by molar-refractivity contribution is -0.135. The summed E-state index contributed by atoms with van der Waals surface area (Å²) in [6.45, 7) is 4.51. The standard InChI is InChI=1S/C9H13N3O3/c1-5-9(2,3-4-15-5)12-8-10-6(13)7(14)11-8/h5H,3-4H2,1-2H3,(H2,10,11,12,13,14). The number of carbonyl (C=O) groups is 2. The second kappa shape index (κ2) is 3.30. The van der Waals surface area contributed by atoms with Gasteiger partial charge >= 0.3 is 11.8 Å². The van der Waals surface area contributed by atoms with Crippen molar-refractivity contribution in [3.05, 3.63) is 0 Å². The molecule has 2 fully saturated rings. The minimum Gasteiger partial charge on any atom is -0.376 e. The molecule has 82 valence electrons. The van der Waals surface area contributed by atoms with E-state index in [0.29, 0.717) is 6.61 Å². The molecule has 0 aromatic rings. The molecule has 15 heavy (non-hydrogen) atoms. The van der Waals surface area contributed by atoms with Crippen LogP contribution in [0.15, 0.2) is 4.99 Å². The van der Waals surface area contributed by atoms with E-state index in [1.54, 1.807) is 0 Å². The first-order valence-electron chi connectivity index (χ1n) is 4.85. The zero-order chi connectivity index (χ0) is 11.1. The maximum Gasteiger partial charge on any atom is 0.316 e. The number of amides is 2. The molecule has 0 bridgehead atoms. The zero-order valence-electron chi connectivity index (χ0n) is 8.66. The molecule has 0 aliphatic carbocycles. The van der Waals surface area contributed by atoms with E-state index in [2.05, 4.69) is 15.6 Å². The third-order valence-corrected chi connectivity index (χ3v) is 2.89. The van der Waals surface area contributed by atoms with E-state index in [1.807, 2.05) is 13.8 Å². The highest BCUT2D eigenvalue weighted by molar-refractivity contribution is 6.45. The average molecular weight is 211 g/mol. The van der Waals surface area contributed by atoms with Crippen molar-refractivity contribution in [3.63, 3.8) is 0 Å². The maximum atomic E-state index is 10.9. The van der Waals surface area contributed by atoms with E-state index in [0.717, 1.165) is 6.42 Å². The van der Waals surface area contributed by atoms with Crippen LogP contribution in [-0.2, 0) is 14.3 Å². The summed E-state index contributed by atoms with van der Waals surface area (Å²) < 4.78 is 5.40. The van der Waals surface area contributed by atoms with Crippen LogP contribution in [0.2, 0.25) is 0 Å². The van der Waals surface area contributed by atoms with Gasteiger partial charge in [0.05, 0.1) is 11.6 Å². The summed E-state index contributed by atoms with van der Waals surface area (Å²) in [7, 11) is 0. The molecule has 2 unspecified atom stereocenters. The molecular weight excluding hydrogens is 198 g/mol. The Morgan fingerprint density at radius 1 is 1.40 bits per heavy atom. The van der Waals surface area contributed by atoms with E-state index >= 15 is 0 Å². The van der Waals surface area contributed by atoms with Crippen molar-refractivity contribution in [1.29, 1.82) is 0 Å². The van der Waals surface area contributed by atoms with Crippen molar-refractivity contribution < 1.29 is 14.3 Å². The van der Waals surface area contributed by atoms with Crippen molar-refractivity contribution in [1.82, 2.24) is 10.6 Å². The van der Waals surface area contributed by atoms with Crippen molar-refractivity contribution in [3.8, 4) is 0 Å². The number of carbonyl (C=O) groups excluding carboxylic acids is 2. The molecular formula is C9H13N3O3. The molecule has 2 aliphatic rings. The van der Waals surface area contributed by atoms with Crippen LogP contribution in [0.1, 0.15) is 20.3 Å². The minimum absolute atomic E-state index is 0.0144. The first-order chi connectivity index (χ1) is 7.01. The molecule has 2 atom stereocenters. The van der Waals surface area contributed by atoms with Gasteiger partial charge < -0.3 is 4.74 Å². The summed E-state index contributed by atoms with van der Waals surface area (Å²) in [6.07, 6.45) is 0.767. The van der Waals surface area contributed by atoms with Crippen LogP contribution in [0.5, 0.6) is 0 Å². The molecule has 0 radical (unpaired) electrons. The molecule has 0 saturated carbocycles. The van der Waals surface area contributed by atoms with Gasteiger partial charge in [-0.05, 0) is 20.3 Å². The number of nitrogens with one attached hydrogen (secondary N) is 2. The summed E-state index contributed by atoms with van der Waals surface area (Å²) in [5.41, 5.74) is -0.375. The Labute approximate surface area is 87.1 Å². The molecule has 2 N–H and O–H groups in total. The molecule has 2 heterocycles. The van der Waals surface area contributed by atoms with E-state index < -0.39 is 11.8 Å². The third-order valence-electron chi connectivity index (χ3n) is 2.89. The number of guanidine groups is 1. The molecule has 0 aromatic carbocycles. The topological polar surface area (TPSA) is 79.8 Å². The average Bonchev–Trinajstić information content (AvgIpc) is 2.60. The highest BCUT2D eigenvalue weighted by atomic mass is 16.5. The van der Waals surface area contributed by atoms with Crippen LogP contribution < -0.4 is 10.6 Å². The fourth-order valence-corrected chi connectivity index (χ4v) is 1.64. The molecule has 6 heteroatoms. The van der Waals surface area contributed by atoms with Gasteiger partial charge in [-0.2, -0.15) is 0 Å². The summed E-state index contributed by atoms with van der Waals surface area (Å²) in [5.74, 6) is -1.10. The number of rotatable bonds is 1. The molecule has 2 amide bonds. The third kappa shape index (κ3) is 1.72. The Bertz CT molecular complexity index is 335. The van der Waals surface area contributed by atoms with Gasteiger partial charge in [0.1, 0.15) is 0 Å². The van der Waals surface area contributed by atoms with Crippen LogP contribution in [0, 0.1) is 0 Å². The fourth-order valence-electron chi connectivity index (χ4n) is 1.64. The number of hydrogen-bond donors (Lipinski definition) is 2. The Balaban J connectivity index is 2.17. The van der Waals surface area contributed by atoms with Gasteiger partial charge in [-0.3, -0.25) is 20.2 Å². The van der Waals surface area contributed by atoms with Crippen LogP contribution in [-0.4, -0.2) is 36.0 Å². The first kappa shape index (κ1) is 10.1. The second-order valence-corrected chi connectivity index (χ2v) is 3.99. The molecule has 0 aromatic heterocycles. The van der Waals surface area contributed by atoms with E-state index in [9.17, 15) is 9.59 Å². The maximum absolute atomic E-state index is 10.9. The SMILES string of the molecule is CC1OCCC1(C)N=C1NC(=O)C(=O)N1. The molecule has 2 saturated heterocycles. The number of hydrogen-bond acceptors (Lipinski definition) is 4. The molecule has 0 spiro atoms. The summed E-state index contributed by atoms with van der Waals surface area (Å²) in [6, 6.07) is 0. The normalized spacial score (nSPS) is 35.3. The van der Waals surface area contributed by atoms with Gasteiger partial charge in [-0.15, -0.1) is 0 Å². The Morgan fingerprint density at radius 2 is 2.00 bits per heavy atom. The summed E-state index contributed by atoms with van der Waals surface area (Å²) in [5, 5.41) is 4.74. The van der Waals surface area contributed by atoms with Crippen molar-refractivity contribution in [2.24, 2.45) is 4.99 Å². The summed E-state index contributed by atoms with van der Waals surface area (Å²) in [4.78, 5) is 26.1. The number of ether oxygens (including phenoxy) is 1. The highest BCUT2D eigenvalue weighted by Crippen LogP contribution is 2.29. The lowest BCUT2D eigenvalue weighted by Crippen LogP contribution is -2.36. The molecule has 2 aliphatic heterocycles. The number of nitrogens with zero attached hydrogens (tertiary/aromatic N) is 1. The summed E-state index contributed by atoms with van der Waals surface area (Å²) >= 11 is 0. The van der Waals surface area contributed by atoms with Gasteiger partial charge in [0.2, 0.25) is 5.96 Å². The zero-order valence-corrected chi connectivity index (χ0v) is 8.66. The molecule has 2 rings (SSSR count). The Morgan fingerprint density at radius 3 is 2.47 bits per heavy atom.